The van der Waals surface area contributed by atoms with Crippen LogP contribution in [0.5, 0.6) is 0 Å². The van der Waals surface area contributed by atoms with Gasteiger partial charge in [0.15, 0.2) is 5.78 Å². The summed E-state index contributed by atoms with van der Waals surface area (Å²) < 4.78 is 0. The van der Waals surface area contributed by atoms with E-state index in [0.717, 1.165) is 6.42 Å². The van der Waals surface area contributed by atoms with E-state index in [9.17, 15) is 10.0 Å². The zero-order valence-corrected chi connectivity index (χ0v) is 10.2. The van der Waals surface area contributed by atoms with Gasteiger partial charge in [-0.25, -0.2) is 0 Å². The zero-order chi connectivity index (χ0) is 12.5. The van der Waals surface area contributed by atoms with Gasteiger partial charge in [0, 0.05) is 12.0 Å². The second kappa shape index (κ2) is 4.43. The number of quaternary nitrogens is 1. The Balaban J connectivity index is 2.07. The Hall–Kier alpha value is -1.45. The van der Waals surface area contributed by atoms with Crippen molar-refractivity contribution in [2.75, 3.05) is 0 Å². The van der Waals surface area contributed by atoms with Crippen LogP contribution in [0.3, 0.4) is 0 Å². The van der Waals surface area contributed by atoms with Crippen LogP contribution < -0.4 is 5.06 Å². The minimum atomic E-state index is -0.327. The summed E-state index contributed by atoms with van der Waals surface area (Å²) >= 11 is 0. The molecule has 3 heteroatoms. The molecule has 2 rings (SSSR count). The van der Waals surface area contributed by atoms with Gasteiger partial charge in [0.25, 0.3) is 0 Å². The highest BCUT2D eigenvalue weighted by Crippen LogP contribution is 2.17. The number of Topliss-reactive ketones (excluding diaryl/α,β-unsaturated/α-hetero) is 1. The third-order valence-corrected chi connectivity index (χ3v) is 3.21. The highest BCUT2D eigenvalue weighted by molar-refractivity contribution is 5.97. The van der Waals surface area contributed by atoms with Crippen molar-refractivity contribution in [3.05, 3.63) is 52.9 Å². The first-order chi connectivity index (χ1) is 8.00. The van der Waals surface area contributed by atoms with Gasteiger partial charge in [0.05, 0.1) is 12.0 Å². The third-order valence-electron chi connectivity index (χ3n) is 3.21. The number of rotatable bonds is 3. The summed E-state index contributed by atoms with van der Waals surface area (Å²) in [5.74, 6) is 0.0166. The van der Waals surface area contributed by atoms with Crippen LogP contribution in [0, 0.1) is 5.21 Å². The first-order valence-corrected chi connectivity index (χ1v) is 5.83. The van der Waals surface area contributed by atoms with Gasteiger partial charge < -0.3 is 10.3 Å². The van der Waals surface area contributed by atoms with Crippen LogP contribution in [0.15, 0.2) is 42.1 Å². The summed E-state index contributed by atoms with van der Waals surface area (Å²) in [7, 11) is 0. The van der Waals surface area contributed by atoms with Crippen molar-refractivity contribution < 1.29 is 9.86 Å². The van der Waals surface area contributed by atoms with Crippen LogP contribution in [0.2, 0.25) is 0 Å². The Kier molecular flexibility index (Phi) is 3.13. The van der Waals surface area contributed by atoms with Gasteiger partial charge in [0.1, 0.15) is 5.70 Å². The maximum atomic E-state index is 12.0. The lowest BCUT2D eigenvalue weighted by Crippen LogP contribution is -3.11. The minimum Gasteiger partial charge on any atom is -0.629 e. The summed E-state index contributed by atoms with van der Waals surface area (Å²) in [4.78, 5) is 12.0. The predicted molar refractivity (Wildman–Crippen MR) is 66.5 cm³/mol. The number of hydroxylamine groups is 2. The Morgan fingerprint density at radius 3 is 2.53 bits per heavy atom. The van der Waals surface area contributed by atoms with Gasteiger partial charge in [-0.15, -0.1) is 0 Å². The lowest BCUT2D eigenvalue weighted by Gasteiger charge is -2.33. The summed E-state index contributed by atoms with van der Waals surface area (Å²) in [6.07, 6.45) is 2.87. The van der Waals surface area contributed by atoms with Gasteiger partial charge in [-0.05, 0) is 19.9 Å². The second-order valence-electron chi connectivity index (χ2n) is 5.11. The summed E-state index contributed by atoms with van der Waals surface area (Å²) in [5.41, 5.74) is 1.02. The molecule has 90 valence electrons. The van der Waals surface area contributed by atoms with E-state index >= 15 is 0 Å². The SMILES string of the molecule is CC1(C)CC=C(CC(=O)c2ccccc2)[NH+]1[O-]. The largest absolute Gasteiger partial charge is 0.629 e. The molecule has 0 saturated heterocycles. The summed E-state index contributed by atoms with van der Waals surface area (Å²) in [6, 6.07) is 9.12. The molecular weight excluding hydrogens is 214 g/mol. The number of hydrogen-bond donors (Lipinski definition) is 1. The molecule has 0 fully saturated rings. The van der Waals surface area contributed by atoms with Crippen molar-refractivity contribution >= 4 is 5.78 Å². The number of hydrogen-bond acceptors (Lipinski definition) is 2. The number of allylic oxidation sites excluding steroid dienone is 1. The molecule has 1 N–H and O–H groups in total. The fourth-order valence-electron chi connectivity index (χ4n) is 2.05. The molecule has 0 amide bonds. The quantitative estimate of drug-likeness (QED) is 0.635. The lowest BCUT2D eigenvalue weighted by atomic mass is 10.0. The zero-order valence-electron chi connectivity index (χ0n) is 10.2. The molecule has 1 aromatic rings. The summed E-state index contributed by atoms with van der Waals surface area (Å²) in [6.45, 7) is 3.84. The van der Waals surface area contributed by atoms with E-state index in [-0.39, 0.29) is 22.8 Å². The molecule has 0 spiro atoms. The second-order valence-corrected chi connectivity index (χ2v) is 5.11. The monoisotopic (exact) mass is 231 g/mol. The van der Waals surface area contributed by atoms with Crippen molar-refractivity contribution in [3.63, 3.8) is 0 Å². The van der Waals surface area contributed by atoms with Crippen LogP contribution in [-0.4, -0.2) is 11.3 Å². The van der Waals surface area contributed by atoms with E-state index in [1.165, 1.54) is 0 Å². The van der Waals surface area contributed by atoms with Crippen molar-refractivity contribution in [2.24, 2.45) is 0 Å². The summed E-state index contributed by atoms with van der Waals surface area (Å²) in [5, 5.41) is 12.1. The van der Waals surface area contributed by atoms with Crippen LogP contribution in [0.25, 0.3) is 0 Å². The first kappa shape index (κ1) is 12.0. The standard InChI is InChI=1S/C14H17NO2/c1-14(2)9-8-12(15(14)17)10-13(16)11-6-4-3-5-7-11/h3-8,15H,9-10H2,1-2H3. The molecule has 1 aromatic carbocycles. The Morgan fingerprint density at radius 2 is 2.00 bits per heavy atom. The van der Waals surface area contributed by atoms with Gasteiger partial charge in [-0.1, -0.05) is 30.3 Å². The third kappa shape index (κ3) is 2.46. The topological polar surface area (TPSA) is 44.6 Å². The van der Waals surface area contributed by atoms with Gasteiger partial charge in [0.2, 0.25) is 0 Å². The number of benzene rings is 1. The highest BCUT2D eigenvalue weighted by Gasteiger charge is 2.33. The van der Waals surface area contributed by atoms with Crippen LogP contribution in [0.4, 0.5) is 0 Å². The van der Waals surface area contributed by atoms with Crippen LogP contribution >= 0.6 is 0 Å². The van der Waals surface area contributed by atoms with Crippen molar-refractivity contribution in [1.29, 1.82) is 0 Å². The van der Waals surface area contributed by atoms with Gasteiger partial charge >= 0.3 is 0 Å². The molecule has 0 saturated carbocycles. The van der Waals surface area contributed by atoms with E-state index in [4.69, 9.17) is 0 Å². The van der Waals surface area contributed by atoms with E-state index in [0.29, 0.717) is 11.3 Å². The number of nitrogens with one attached hydrogen (secondary N) is 1. The Morgan fingerprint density at radius 1 is 1.35 bits per heavy atom. The fourth-order valence-corrected chi connectivity index (χ4v) is 2.05. The van der Waals surface area contributed by atoms with Crippen molar-refractivity contribution in [2.45, 2.75) is 32.2 Å². The van der Waals surface area contributed by atoms with E-state index < -0.39 is 0 Å². The lowest BCUT2D eigenvalue weighted by molar-refractivity contribution is -0.855. The smallest absolute Gasteiger partial charge is 0.172 e. The molecule has 1 unspecified atom stereocenters. The minimum absolute atomic E-state index is 0.0166. The van der Waals surface area contributed by atoms with Crippen molar-refractivity contribution in [3.8, 4) is 0 Å². The maximum Gasteiger partial charge on any atom is 0.172 e. The van der Waals surface area contributed by atoms with E-state index in [2.05, 4.69) is 0 Å². The average molecular weight is 231 g/mol. The Labute approximate surface area is 101 Å². The van der Waals surface area contributed by atoms with Crippen molar-refractivity contribution in [1.82, 2.24) is 0 Å². The molecule has 0 aliphatic carbocycles. The molecule has 1 heterocycles. The molecule has 1 aliphatic heterocycles. The number of ketones is 1. The molecule has 1 atom stereocenters. The molecule has 17 heavy (non-hydrogen) atoms. The van der Waals surface area contributed by atoms with Crippen LogP contribution in [-0.2, 0) is 0 Å². The molecule has 0 aromatic heterocycles. The molecule has 0 bridgehead atoms. The van der Waals surface area contributed by atoms with E-state index in [1.807, 2.05) is 38.1 Å². The van der Waals surface area contributed by atoms with Gasteiger partial charge in [-0.2, -0.15) is 0 Å². The average Bonchev–Trinajstić information content (AvgIpc) is 2.57. The maximum absolute atomic E-state index is 12.0. The van der Waals surface area contributed by atoms with Crippen LogP contribution in [0.1, 0.15) is 37.0 Å². The fraction of sp³-hybridized carbons (Fsp3) is 0.357. The normalized spacial score (nSPS) is 22.3. The number of carbonyl (C=O) groups is 1. The molecule has 1 aliphatic rings. The highest BCUT2D eigenvalue weighted by atomic mass is 16.5. The number of carbonyl (C=O) groups excluding carboxylic acids is 1. The van der Waals surface area contributed by atoms with Gasteiger partial charge in [-0.3, -0.25) is 4.79 Å². The first-order valence-electron chi connectivity index (χ1n) is 5.83. The Bertz CT molecular complexity index is 449. The molecule has 0 radical (unpaired) electrons. The predicted octanol–water partition coefficient (Wildman–Crippen LogP) is 1.71. The van der Waals surface area contributed by atoms with E-state index in [1.54, 1.807) is 12.1 Å². The molecule has 3 nitrogen and oxygen atoms in total. The molecular formula is C14H17NO2.